The fraction of sp³-hybridized carbons (Fsp3) is 0.613. The number of nitrogens with one attached hydrogen (secondary N) is 2. The van der Waals surface area contributed by atoms with E-state index >= 15 is 0 Å². The first-order chi connectivity index (χ1) is 19.2. The zero-order valence-corrected chi connectivity index (χ0v) is 26.0. The molecule has 0 saturated carbocycles. The van der Waals surface area contributed by atoms with Gasteiger partial charge in [-0.05, 0) is 51.8 Å². The maximum atomic E-state index is 14.0. The molecule has 1 fully saturated rings. The minimum absolute atomic E-state index is 0.00665. The number of aromatic nitrogens is 1. The molecule has 1 saturated heterocycles. The van der Waals surface area contributed by atoms with Crippen LogP contribution in [-0.2, 0) is 21.6 Å². The fourth-order valence-electron chi connectivity index (χ4n) is 4.78. The van der Waals surface area contributed by atoms with Crippen molar-refractivity contribution in [3.63, 3.8) is 0 Å². The number of benzene rings is 1. The zero-order valence-electron chi connectivity index (χ0n) is 26.0. The third-order valence-corrected chi connectivity index (χ3v) is 7.49. The van der Waals surface area contributed by atoms with Crippen molar-refractivity contribution in [2.75, 3.05) is 20.6 Å². The van der Waals surface area contributed by atoms with Gasteiger partial charge in [0.2, 0.25) is 17.7 Å². The van der Waals surface area contributed by atoms with Crippen LogP contribution in [0.15, 0.2) is 34.9 Å². The molecule has 3 amide bonds. The van der Waals surface area contributed by atoms with Gasteiger partial charge in [-0.25, -0.2) is 4.98 Å². The van der Waals surface area contributed by atoms with Crippen LogP contribution in [0.2, 0.25) is 0 Å². The van der Waals surface area contributed by atoms with Crippen molar-refractivity contribution in [2.45, 2.75) is 97.5 Å². The van der Waals surface area contributed by atoms with E-state index in [0.29, 0.717) is 36.6 Å². The Kier molecular flexibility index (Phi) is 10.6. The second kappa shape index (κ2) is 13.5. The van der Waals surface area contributed by atoms with Crippen molar-refractivity contribution >= 4 is 17.7 Å². The highest BCUT2D eigenvalue weighted by molar-refractivity contribution is 6.00. The number of oxazole rings is 1. The van der Waals surface area contributed by atoms with Gasteiger partial charge in [-0.3, -0.25) is 14.4 Å². The quantitative estimate of drug-likeness (QED) is 0.423. The summed E-state index contributed by atoms with van der Waals surface area (Å²) in [4.78, 5) is 48.5. The number of nitrogens with zero attached hydrogens (tertiary/aromatic N) is 3. The number of carbonyl (C=O) groups excluding carboxylic acids is 3. The topological polar surface area (TPSA) is 117 Å². The van der Waals surface area contributed by atoms with Crippen molar-refractivity contribution in [3.05, 3.63) is 47.7 Å². The van der Waals surface area contributed by atoms with Crippen molar-refractivity contribution in [3.8, 4) is 5.75 Å². The third-order valence-electron chi connectivity index (χ3n) is 7.49. The molecular formula is C31H47N5O5. The summed E-state index contributed by atoms with van der Waals surface area (Å²) in [5.41, 5.74) is 0.121. The second-order valence-corrected chi connectivity index (χ2v) is 12.6. The summed E-state index contributed by atoms with van der Waals surface area (Å²) < 4.78 is 11.8. The minimum atomic E-state index is -0.799. The molecular weight excluding hydrogens is 522 g/mol. The first-order valence-corrected chi connectivity index (χ1v) is 14.4. The van der Waals surface area contributed by atoms with Crippen molar-refractivity contribution in [1.29, 1.82) is 0 Å². The van der Waals surface area contributed by atoms with E-state index in [0.717, 1.165) is 5.76 Å². The van der Waals surface area contributed by atoms with Gasteiger partial charge in [-0.1, -0.05) is 46.8 Å². The highest BCUT2D eigenvalue weighted by atomic mass is 16.5. The van der Waals surface area contributed by atoms with Gasteiger partial charge >= 0.3 is 0 Å². The van der Waals surface area contributed by atoms with Crippen molar-refractivity contribution < 1.29 is 23.5 Å². The van der Waals surface area contributed by atoms with Crippen molar-refractivity contribution in [1.82, 2.24) is 25.4 Å². The lowest BCUT2D eigenvalue weighted by Gasteiger charge is -2.32. The normalized spacial score (nSPS) is 18.1. The van der Waals surface area contributed by atoms with Crippen LogP contribution in [0.25, 0.3) is 0 Å². The van der Waals surface area contributed by atoms with Crippen LogP contribution in [0.1, 0.15) is 83.3 Å². The van der Waals surface area contributed by atoms with E-state index in [1.807, 2.05) is 55.5 Å². The lowest BCUT2D eigenvalue weighted by Crippen LogP contribution is -2.54. The molecule has 1 aliphatic rings. The fourth-order valence-corrected chi connectivity index (χ4v) is 4.78. The van der Waals surface area contributed by atoms with E-state index < -0.39 is 18.0 Å². The standard InChI is InChI=1S/C31H47N5O5/c1-19(2)14-23(29(38)36-17-21(32-8)15-24(36)30(39)35(9)20(3)4)34-28(37)22-12-10-11-13-25(22)40-18-27-33-16-26(41-27)31(5,6)7/h10-13,16,19-21,23-24,32H,14-15,17-18H2,1-9H3,(H,34,37)/t21-,23+,24+/m0/s1. The van der Waals surface area contributed by atoms with E-state index in [1.165, 1.54) is 0 Å². The Hall–Kier alpha value is -3.40. The van der Waals surface area contributed by atoms with E-state index in [4.69, 9.17) is 9.15 Å². The third kappa shape index (κ3) is 8.09. The molecule has 2 N–H and O–H groups in total. The number of likely N-dealkylation sites (N-methyl/N-ethyl adjacent to an activating group) is 2. The van der Waals surface area contributed by atoms with Gasteiger partial charge in [0.1, 0.15) is 23.6 Å². The predicted octanol–water partition coefficient (Wildman–Crippen LogP) is 3.75. The summed E-state index contributed by atoms with van der Waals surface area (Å²) in [7, 11) is 3.59. The Balaban J connectivity index is 1.79. The predicted molar refractivity (Wildman–Crippen MR) is 158 cm³/mol. The van der Waals surface area contributed by atoms with Gasteiger partial charge in [0.25, 0.3) is 5.91 Å². The monoisotopic (exact) mass is 569 g/mol. The largest absolute Gasteiger partial charge is 0.483 e. The molecule has 0 bridgehead atoms. The number of para-hydroxylation sites is 1. The summed E-state index contributed by atoms with van der Waals surface area (Å²) in [6.45, 7) is 14.5. The number of likely N-dealkylation sites (tertiary alicyclic amines) is 1. The number of carbonyl (C=O) groups is 3. The Bertz CT molecular complexity index is 1200. The van der Waals surface area contributed by atoms with E-state index in [2.05, 4.69) is 15.6 Å². The summed E-state index contributed by atoms with van der Waals surface area (Å²) in [5.74, 6) is 0.874. The molecule has 226 valence electrons. The first kappa shape index (κ1) is 32.1. The van der Waals surface area contributed by atoms with Gasteiger partial charge in [0.05, 0.1) is 11.8 Å². The van der Waals surface area contributed by atoms with Crippen LogP contribution in [0.5, 0.6) is 5.75 Å². The van der Waals surface area contributed by atoms with Gasteiger partial charge in [-0.2, -0.15) is 0 Å². The van der Waals surface area contributed by atoms with Crippen LogP contribution in [0.3, 0.4) is 0 Å². The molecule has 3 rings (SSSR count). The molecule has 1 aromatic heterocycles. The Morgan fingerprint density at radius 2 is 1.85 bits per heavy atom. The summed E-state index contributed by atoms with van der Waals surface area (Å²) in [6, 6.07) is 5.51. The maximum Gasteiger partial charge on any atom is 0.255 e. The van der Waals surface area contributed by atoms with Crippen LogP contribution in [0.4, 0.5) is 0 Å². The van der Waals surface area contributed by atoms with E-state index in [-0.39, 0.29) is 41.8 Å². The average Bonchev–Trinajstić information content (AvgIpc) is 3.57. The summed E-state index contributed by atoms with van der Waals surface area (Å²) >= 11 is 0. The molecule has 0 radical (unpaired) electrons. The number of hydrogen-bond acceptors (Lipinski definition) is 7. The van der Waals surface area contributed by atoms with E-state index in [1.54, 1.807) is 47.3 Å². The Labute approximate surface area is 244 Å². The summed E-state index contributed by atoms with van der Waals surface area (Å²) in [6.07, 6.45) is 2.64. The van der Waals surface area contributed by atoms with Gasteiger partial charge in [0.15, 0.2) is 6.61 Å². The van der Waals surface area contributed by atoms with E-state index in [9.17, 15) is 14.4 Å². The Morgan fingerprint density at radius 1 is 1.17 bits per heavy atom. The molecule has 1 aromatic carbocycles. The SMILES string of the molecule is CN[C@H]1C[C@H](C(=O)N(C)C(C)C)N(C(=O)[C@@H](CC(C)C)NC(=O)c2ccccc2OCc2ncc(C(C)(C)C)o2)C1. The lowest BCUT2D eigenvalue weighted by atomic mass is 9.94. The van der Waals surface area contributed by atoms with Crippen LogP contribution >= 0.6 is 0 Å². The zero-order chi connectivity index (χ0) is 30.5. The molecule has 10 nitrogen and oxygen atoms in total. The highest BCUT2D eigenvalue weighted by Crippen LogP contribution is 2.26. The minimum Gasteiger partial charge on any atom is -0.483 e. The lowest BCUT2D eigenvalue weighted by molar-refractivity contribution is -0.145. The molecule has 0 unspecified atom stereocenters. The molecule has 3 atom stereocenters. The number of rotatable bonds is 11. The number of hydrogen-bond donors (Lipinski definition) is 2. The molecule has 0 spiro atoms. The Morgan fingerprint density at radius 3 is 2.44 bits per heavy atom. The number of amides is 3. The maximum absolute atomic E-state index is 14.0. The smallest absolute Gasteiger partial charge is 0.255 e. The van der Waals surface area contributed by atoms with Gasteiger partial charge in [-0.15, -0.1) is 0 Å². The van der Waals surface area contributed by atoms with Gasteiger partial charge < -0.3 is 29.6 Å². The average molecular weight is 570 g/mol. The molecule has 2 aromatic rings. The number of ether oxygens (including phenoxy) is 1. The second-order valence-electron chi connectivity index (χ2n) is 12.6. The molecule has 1 aliphatic heterocycles. The van der Waals surface area contributed by atoms with Gasteiger partial charge in [0, 0.05) is 31.1 Å². The van der Waals surface area contributed by atoms with Crippen LogP contribution < -0.4 is 15.4 Å². The van der Waals surface area contributed by atoms with Crippen molar-refractivity contribution in [2.24, 2.45) is 5.92 Å². The highest BCUT2D eigenvalue weighted by Gasteiger charge is 2.43. The van der Waals surface area contributed by atoms with Crippen LogP contribution in [0, 0.1) is 5.92 Å². The molecule has 2 heterocycles. The van der Waals surface area contributed by atoms with Crippen LogP contribution in [-0.4, -0.2) is 77.3 Å². The first-order valence-electron chi connectivity index (χ1n) is 14.4. The molecule has 41 heavy (non-hydrogen) atoms. The molecule has 0 aliphatic carbocycles. The molecule has 10 heteroatoms. The summed E-state index contributed by atoms with van der Waals surface area (Å²) in [5, 5.41) is 6.17.